The number of hydrogen-bond donors (Lipinski definition) is 6. The second-order valence-electron chi connectivity index (χ2n) is 12.5. The minimum Gasteiger partial charge on any atom is -0.494 e. The number of aliphatic hydroxyl groups excluding tert-OH is 3. The van der Waals surface area contributed by atoms with Gasteiger partial charge in [-0.05, 0) is 42.8 Å². The lowest BCUT2D eigenvalue weighted by Crippen LogP contribution is -2.65. The Bertz CT molecular complexity index is 1780. The van der Waals surface area contributed by atoms with E-state index in [1.807, 2.05) is 60.7 Å². The molecule has 3 saturated heterocycles. The van der Waals surface area contributed by atoms with Crippen molar-refractivity contribution in [2.24, 2.45) is 4.99 Å². The third-order valence-corrected chi connectivity index (χ3v) is 9.07. The number of carbonyl (C=O) groups excluding carboxylic acids is 1. The van der Waals surface area contributed by atoms with Crippen LogP contribution in [0.25, 0.3) is 10.9 Å². The van der Waals surface area contributed by atoms with Crippen LogP contribution in [0.2, 0.25) is 0 Å². The van der Waals surface area contributed by atoms with E-state index in [4.69, 9.17) is 19.0 Å². The summed E-state index contributed by atoms with van der Waals surface area (Å²) in [7, 11) is 1.20. The smallest absolute Gasteiger partial charge is 0.494 e. The third-order valence-electron chi connectivity index (χ3n) is 9.07. The summed E-state index contributed by atoms with van der Waals surface area (Å²) in [6.45, 7) is 4.00. The van der Waals surface area contributed by atoms with Crippen LogP contribution in [0.15, 0.2) is 77.8 Å². The highest BCUT2D eigenvalue weighted by Crippen LogP contribution is 2.32. The summed E-state index contributed by atoms with van der Waals surface area (Å²) < 4.78 is 17.1. The van der Waals surface area contributed by atoms with Crippen LogP contribution in [-0.4, -0.2) is 131 Å². The second-order valence-corrected chi connectivity index (χ2v) is 12.5. The number of ether oxygens (including phenoxy) is 1. The molecule has 3 aromatic carbocycles. The SMILES string of the molecule is CN1CCN(CC(=O)Nc2ccc(N=C(c3ccccc3)c3c(O)[nH]c4cc(B5OC[C@H]6OC(O)[C@@H](O)[C@@H](O)[C@@H]6O5)ccc34)cc2)CC1. The van der Waals surface area contributed by atoms with E-state index in [1.54, 1.807) is 12.1 Å². The summed E-state index contributed by atoms with van der Waals surface area (Å²) in [5.41, 5.74) is 4.37. The highest BCUT2D eigenvalue weighted by molar-refractivity contribution is 6.61. The quantitative estimate of drug-likeness (QED) is 0.124. The maximum Gasteiger partial charge on any atom is 0.494 e. The number of nitrogens with one attached hydrogen (secondary N) is 2. The Morgan fingerprint density at radius 3 is 2.50 bits per heavy atom. The standard InChI is InChI=1S/C34H38BN5O8/c1-39-13-15-40(16-14-39)18-27(41)36-22-8-10-23(11-9-22)37-29(20-5-3-2-4-6-20)28-24-12-7-21(17-25(24)38-33(28)44)35-46-19-26-32(48-35)30(42)31(43)34(45)47-26/h2-12,17,26,30-32,34,38,42-45H,13-16,18-19H2,1H3,(H,36,41)/t26-,30-,31+,32-,34?/m1/s1. The van der Waals surface area contributed by atoms with Gasteiger partial charge in [0.05, 0.1) is 30.1 Å². The van der Waals surface area contributed by atoms with E-state index < -0.39 is 37.8 Å². The Morgan fingerprint density at radius 2 is 1.75 bits per heavy atom. The van der Waals surface area contributed by atoms with Crippen LogP contribution < -0.4 is 10.8 Å². The van der Waals surface area contributed by atoms with Gasteiger partial charge in [-0.25, -0.2) is 4.99 Å². The highest BCUT2D eigenvalue weighted by atomic mass is 16.7. The molecule has 0 radical (unpaired) electrons. The van der Waals surface area contributed by atoms with Crippen molar-refractivity contribution in [3.05, 3.63) is 83.9 Å². The molecule has 4 aromatic rings. The van der Waals surface area contributed by atoms with Gasteiger partial charge in [0.15, 0.2) is 12.2 Å². The fraction of sp³-hybridized carbons (Fsp3) is 0.353. The number of aromatic amines is 1. The van der Waals surface area contributed by atoms with E-state index in [9.17, 15) is 25.2 Å². The van der Waals surface area contributed by atoms with Crippen LogP contribution in [-0.2, 0) is 18.8 Å². The van der Waals surface area contributed by atoms with Gasteiger partial charge in [0.25, 0.3) is 0 Å². The van der Waals surface area contributed by atoms with E-state index in [1.165, 1.54) is 0 Å². The molecule has 3 fully saturated rings. The van der Waals surface area contributed by atoms with Gasteiger partial charge in [0.1, 0.15) is 24.4 Å². The predicted octanol–water partition coefficient (Wildman–Crippen LogP) is 0.778. The minimum absolute atomic E-state index is 0.0407. The topological polar surface area (TPSA) is 172 Å². The molecule has 0 aliphatic carbocycles. The van der Waals surface area contributed by atoms with Gasteiger partial charge in [0, 0.05) is 48.3 Å². The molecule has 6 N–H and O–H groups in total. The molecule has 48 heavy (non-hydrogen) atoms. The molecule has 0 spiro atoms. The van der Waals surface area contributed by atoms with E-state index in [-0.39, 0.29) is 18.4 Å². The summed E-state index contributed by atoms with van der Waals surface area (Å²) in [5.74, 6) is -0.136. The number of piperazine rings is 1. The summed E-state index contributed by atoms with van der Waals surface area (Å²) >= 11 is 0. The molecule has 1 amide bonds. The molecule has 3 aliphatic heterocycles. The van der Waals surface area contributed by atoms with Gasteiger partial charge >= 0.3 is 7.12 Å². The van der Waals surface area contributed by atoms with Gasteiger partial charge in [-0.15, -0.1) is 0 Å². The fourth-order valence-electron chi connectivity index (χ4n) is 6.37. The van der Waals surface area contributed by atoms with Crippen LogP contribution in [0.4, 0.5) is 11.4 Å². The zero-order chi connectivity index (χ0) is 33.4. The van der Waals surface area contributed by atoms with Crippen molar-refractivity contribution >= 4 is 46.5 Å². The van der Waals surface area contributed by atoms with Crippen LogP contribution in [0.3, 0.4) is 0 Å². The molecule has 0 saturated carbocycles. The molecule has 250 valence electrons. The summed E-state index contributed by atoms with van der Waals surface area (Å²) in [6.07, 6.45) is -6.03. The molecule has 7 rings (SSSR count). The van der Waals surface area contributed by atoms with Gasteiger partial charge < -0.3 is 49.7 Å². The number of rotatable bonds is 7. The van der Waals surface area contributed by atoms with Gasteiger partial charge in [-0.1, -0.05) is 42.5 Å². The number of anilines is 1. The van der Waals surface area contributed by atoms with Gasteiger partial charge in [-0.3, -0.25) is 9.69 Å². The summed E-state index contributed by atoms with van der Waals surface area (Å²) in [4.78, 5) is 25.1. The molecule has 4 heterocycles. The molecule has 1 unspecified atom stereocenters. The Balaban J connectivity index is 1.13. The number of nitrogens with zero attached hydrogens (tertiary/aromatic N) is 3. The lowest BCUT2D eigenvalue weighted by Gasteiger charge is -2.44. The first kappa shape index (κ1) is 32.4. The zero-order valence-corrected chi connectivity index (χ0v) is 26.4. The van der Waals surface area contributed by atoms with Gasteiger partial charge in [0.2, 0.25) is 5.91 Å². The molecule has 1 aromatic heterocycles. The monoisotopic (exact) mass is 655 g/mol. The average Bonchev–Trinajstić information content (AvgIpc) is 3.42. The van der Waals surface area contributed by atoms with Crippen molar-refractivity contribution in [2.45, 2.75) is 30.7 Å². The van der Waals surface area contributed by atoms with E-state index in [0.29, 0.717) is 45.6 Å². The van der Waals surface area contributed by atoms with Crippen LogP contribution in [0.1, 0.15) is 11.1 Å². The van der Waals surface area contributed by atoms with E-state index >= 15 is 0 Å². The summed E-state index contributed by atoms with van der Waals surface area (Å²) in [5, 5.41) is 45.3. The van der Waals surface area contributed by atoms with Crippen LogP contribution >= 0.6 is 0 Å². The highest BCUT2D eigenvalue weighted by Gasteiger charge is 2.49. The maximum absolute atomic E-state index is 12.7. The Labute approximate surface area is 277 Å². The molecule has 13 nitrogen and oxygen atoms in total. The number of aromatic nitrogens is 1. The fourth-order valence-corrected chi connectivity index (χ4v) is 6.37. The van der Waals surface area contributed by atoms with Crippen molar-refractivity contribution in [3.8, 4) is 5.88 Å². The number of fused-ring (bicyclic) bond motifs is 2. The second kappa shape index (κ2) is 13.8. The third kappa shape index (κ3) is 6.74. The number of aliphatic imine (C=N–C) groups is 1. The first-order valence-electron chi connectivity index (χ1n) is 16.0. The van der Waals surface area contributed by atoms with E-state index in [0.717, 1.165) is 31.7 Å². The molecular formula is C34H38BN5O8. The summed E-state index contributed by atoms with van der Waals surface area (Å²) in [6, 6.07) is 22.2. The van der Waals surface area contributed by atoms with Crippen molar-refractivity contribution in [2.75, 3.05) is 51.7 Å². The minimum atomic E-state index is -1.53. The molecule has 14 heteroatoms. The number of likely N-dealkylation sites (N-methyl/N-ethyl adjacent to an activating group) is 1. The Hall–Kier alpha value is -4.12. The predicted molar refractivity (Wildman–Crippen MR) is 180 cm³/mol. The first-order chi connectivity index (χ1) is 23.2. The lowest BCUT2D eigenvalue weighted by molar-refractivity contribution is -0.291. The number of H-pyrrole nitrogens is 1. The van der Waals surface area contributed by atoms with Gasteiger partial charge in [-0.2, -0.15) is 0 Å². The molecule has 5 atom stereocenters. The van der Waals surface area contributed by atoms with Crippen molar-refractivity contribution in [3.63, 3.8) is 0 Å². The largest absolute Gasteiger partial charge is 0.494 e. The van der Waals surface area contributed by atoms with Crippen molar-refractivity contribution in [1.82, 2.24) is 14.8 Å². The average molecular weight is 656 g/mol. The number of hydrogen-bond acceptors (Lipinski definition) is 11. The Kier molecular flexibility index (Phi) is 9.31. The molecule has 0 bridgehead atoms. The van der Waals surface area contributed by atoms with E-state index in [2.05, 4.69) is 27.1 Å². The van der Waals surface area contributed by atoms with Crippen molar-refractivity contribution < 1.29 is 39.3 Å². The number of amides is 1. The van der Waals surface area contributed by atoms with Crippen LogP contribution in [0, 0.1) is 0 Å². The number of benzene rings is 3. The molecular weight excluding hydrogens is 617 g/mol. The first-order valence-corrected chi connectivity index (χ1v) is 16.0. The maximum atomic E-state index is 12.7. The normalized spacial score (nSPS) is 25.6. The lowest BCUT2D eigenvalue weighted by atomic mass is 9.76. The zero-order valence-electron chi connectivity index (χ0n) is 26.4. The van der Waals surface area contributed by atoms with Crippen molar-refractivity contribution in [1.29, 1.82) is 0 Å². The number of aromatic hydroxyl groups is 1. The Morgan fingerprint density at radius 1 is 1.00 bits per heavy atom. The number of carbonyl (C=O) groups is 1. The van der Waals surface area contributed by atoms with Crippen LogP contribution in [0.5, 0.6) is 5.88 Å². The molecule has 3 aliphatic rings. The number of aliphatic hydroxyl groups is 3.